The number of likely N-dealkylation sites (N-methyl/N-ethyl adjacent to an activating group) is 1. The standard InChI is InChI=1S/C34H35BrN6O/c1-40(2)16-15-37-14-4-5-23-10-12-31-27(17-23)29(34(42)38-21-25-8-6-24(20-36)7-9-25)19-32(39-31)30-22-41(3)33-13-11-26(35)18-28(30)33/h6-13,17-19,22,37H,14-16,20-21,36H2,1-3H3,(H,38,42). The van der Waals surface area contributed by atoms with Crippen LogP contribution in [-0.4, -0.2) is 54.1 Å². The third-order valence-corrected chi connectivity index (χ3v) is 7.67. The smallest absolute Gasteiger partial charge is 0.252 e. The number of nitrogens with two attached hydrogens (primary N) is 1. The Hall–Kier alpha value is -4.00. The lowest BCUT2D eigenvalue weighted by molar-refractivity contribution is 0.0952. The summed E-state index contributed by atoms with van der Waals surface area (Å²) in [5.41, 5.74) is 12.7. The molecule has 0 saturated carbocycles. The van der Waals surface area contributed by atoms with Crippen LogP contribution in [0.25, 0.3) is 33.1 Å². The molecule has 2 aromatic heterocycles. The molecule has 0 radical (unpaired) electrons. The van der Waals surface area contributed by atoms with Crippen molar-refractivity contribution >= 4 is 43.6 Å². The van der Waals surface area contributed by atoms with E-state index in [-0.39, 0.29) is 5.91 Å². The van der Waals surface area contributed by atoms with Gasteiger partial charge in [0.05, 0.1) is 23.3 Å². The molecular weight excluding hydrogens is 588 g/mol. The third-order valence-electron chi connectivity index (χ3n) is 7.17. The van der Waals surface area contributed by atoms with Crippen molar-refractivity contribution in [1.82, 2.24) is 25.1 Å². The van der Waals surface area contributed by atoms with Gasteiger partial charge in [-0.1, -0.05) is 52.0 Å². The number of benzene rings is 3. The van der Waals surface area contributed by atoms with Gasteiger partial charge in [-0.3, -0.25) is 4.79 Å². The van der Waals surface area contributed by atoms with Gasteiger partial charge in [-0.05, 0) is 67.7 Å². The molecule has 3 aromatic carbocycles. The zero-order valence-electron chi connectivity index (χ0n) is 24.2. The summed E-state index contributed by atoms with van der Waals surface area (Å²) in [4.78, 5) is 20.9. The highest BCUT2D eigenvalue weighted by Crippen LogP contribution is 2.33. The molecule has 0 aliphatic carbocycles. The number of hydrogen-bond acceptors (Lipinski definition) is 5. The maximum Gasteiger partial charge on any atom is 0.252 e. The Labute approximate surface area is 255 Å². The largest absolute Gasteiger partial charge is 0.350 e. The molecule has 42 heavy (non-hydrogen) atoms. The first-order valence-corrected chi connectivity index (χ1v) is 14.7. The van der Waals surface area contributed by atoms with Gasteiger partial charge in [0.25, 0.3) is 5.91 Å². The van der Waals surface area contributed by atoms with Crippen LogP contribution in [0.1, 0.15) is 27.0 Å². The van der Waals surface area contributed by atoms with Crippen LogP contribution < -0.4 is 16.4 Å². The Morgan fingerprint density at radius 1 is 1.02 bits per heavy atom. The Morgan fingerprint density at radius 2 is 1.81 bits per heavy atom. The first-order valence-electron chi connectivity index (χ1n) is 13.9. The first kappa shape index (κ1) is 29.5. The van der Waals surface area contributed by atoms with E-state index >= 15 is 0 Å². The van der Waals surface area contributed by atoms with Crippen molar-refractivity contribution in [2.75, 3.05) is 33.7 Å². The van der Waals surface area contributed by atoms with Crippen molar-refractivity contribution in [3.63, 3.8) is 0 Å². The number of nitrogens with zero attached hydrogens (tertiary/aromatic N) is 3. The zero-order chi connectivity index (χ0) is 29.6. The molecule has 4 N–H and O–H groups in total. The fraction of sp³-hybridized carbons (Fsp3) is 0.235. The van der Waals surface area contributed by atoms with Crippen molar-refractivity contribution < 1.29 is 4.79 Å². The van der Waals surface area contributed by atoms with Gasteiger partial charge in [0.15, 0.2) is 0 Å². The van der Waals surface area contributed by atoms with Crippen LogP contribution in [0.4, 0.5) is 0 Å². The van der Waals surface area contributed by atoms with Gasteiger partial charge >= 0.3 is 0 Å². The summed E-state index contributed by atoms with van der Waals surface area (Å²) >= 11 is 3.61. The minimum absolute atomic E-state index is 0.163. The first-order chi connectivity index (χ1) is 20.3. The molecule has 0 bridgehead atoms. The number of rotatable bonds is 9. The van der Waals surface area contributed by atoms with Crippen molar-refractivity contribution in [2.24, 2.45) is 12.8 Å². The predicted octanol–water partition coefficient (Wildman–Crippen LogP) is 5.05. The molecule has 2 heterocycles. The van der Waals surface area contributed by atoms with Crippen molar-refractivity contribution in [3.8, 4) is 23.1 Å². The lowest BCUT2D eigenvalue weighted by Gasteiger charge is -2.11. The Bertz CT molecular complexity index is 1800. The summed E-state index contributed by atoms with van der Waals surface area (Å²) in [6.07, 6.45) is 2.06. The molecular formula is C34H35BrN6O. The summed E-state index contributed by atoms with van der Waals surface area (Å²) in [7, 11) is 6.11. The summed E-state index contributed by atoms with van der Waals surface area (Å²) in [5.74, 6) is 6.27. The maximum absolute atomic E-state index is 13.7. The lowest BCUT2D eigenvalue weighted by Crippen LogP contribution is -2.26. The highest BCUT2D eigenvalue weighted by Gasteiger charge is 2.17. The van der Waals surface area contributed by atoms with Crippen LogP contribution >= 0.6 is 15.9 Å². The summed E-state index contributed by atoms with van der Waals surface area (Å²) in [6.45, 7) is 3.31. The van der Waals surface area contributed by atoms with Crippen molar-refractivity contribution in [2.45, 2.75) is 13.1 Å². The van der Waals surface area contributed by atoms with E-state index in [0.29, 0.717) is 25.2 Å². The fourth-order valence-corrected chi connectivity index (χ4v) is 5.23. The molecule has 0 spiro atoms. The quantitative estimate of drug-likeness (QED) is 0.158. The SMILES string of the molecule is CN(C)CCNCC#Cc1ccc2nc(-c3cn(C)c4ccc(Br)cc34)cc(C(=O)NCc3ccc(CN)cc3)c2c1. The van der Waals surface area contributed by atoms with Crippen LogP contribution in [0.5, 0.6) is 0 Å². The summed E-state index contributed by atoms with van der Waals surface area (Å²) in [5, 5.41) is 8.28. The second kappa shape index (κ2) is 13.3. The van der Waals surface area contributed by atoms with Gasteiger partial charge < -0.3 is 25.8 Å². The van der Waals surface area contributed by atoms with Gasteiger partial charge in [0.1, 0.15) is 0 Å². The molecule has 0 aliphatic rings. The average molecular weight is 624 g/mol. The third kappa shape index (κ3) is 6.89. The van der Waals surface area contributed by atoms with Crippen LogP contribution in [0.3, 0.4) is 0 Å². The Morgan fingerprint density at radius 3 is 2.57 bits per heavy atom. The number of amides is 1. The average Bonchev–Trinajstić information content (AvgIpc) is 3.32. The number of aryl methyl sites for hydroxylation is 1. The second-order valence-electron chi connectivity index (χ2n) is 10.6. The van der Waals surface area contributed by atoms with Crippen LogP contribution in [-0.2, 0) is 20.1 Å². The Kier molecular flexibility index (Phi) is 9.35. The number of fused-ring (bicyclic) bond motifs is 2. The van der Waals surface area contributed by atoms with Gasteiger partial charge in [-0.2, -0.15) is 0 Å². The lowest BCUT2D eigenvalue weighted by atomic mass is 10.0. The van der Waals surface area contributed by atoms with Gasteiger partial charge in [0.2, 0.25) is 0 Å². The number of halogens is 1. The Balaban J connectivity index is 1.51. The van der Waals surface area contributed by atoms with Crippen LogP contribution in [0.15, 0.2) is 77.4 Å². The molecule has 0 saturated heterocycles. The second-order valence-corrected chi connectivity index (χ2v) is 11.5. The highest BCUT2D eigenvalue weighted by atomic mass is 79.9. The van der Waals surface area contributed by atoms with Crippen LogP contribution in [0.2, 0.25) is 0 Å². The van der Waals surface area contributed by atoms with E-state index in [2.05, 4.69) is 66.2 Å². The van der Waals surface area contributed by atoms with E-state index in [4.69, 9.17) is 10.7 Å². The molecule has 0 unspecified atom stereocenters. The molecule has 214 valence electrons. The summed E-state index contributed by atoms with van der Waals surface area (Å²) in [6, 6.07) is 21.9. The van der Waals surface area contributed by atoms with Gasteiger partial charge in [0, 0.05) is 71.3 Å². The van der Waals surface area contributed by atoms with Gasteiger partial charge in [-0.25, -0.2) is 4.98 Å². The van der Waals surface area contributed by atoms with E-state index in [1.165, 1.54) is 0 Å². The molecule has 0 atom stereocenters. The van der Waals surface area contributed by atoms with Crippen LogP contribution in [0, 0.1) is 11.8 Å². The number of carbonyl (C=O) groups excluding carboxylic acids is 1. The number of carbonyl (C=O) groups is 1. The number of aromatic nitrogens is 2. The van der Waals surface area contributed by atoms with Crippen molar-refractivity contribution in [1.29, 1.82) is 0 Å². The normalized spacial score (nSPS) is 11.2. The maximum atomic E-state index is 13.7. The number of hydrogen-bond donors (Lipinski definition) is 3. The van der Waals surface area contributed by atoms with E-state index in [9.17, 15) is 4.79 Å². The summed E-state index contributed by atoms with van der Waals surface area (Å²) < 4.78 is 3.07. The molecule has 0 fully saturated rings. The van der Waals surface area contributed by atoms with Gasteiger partial charge in [-0.15, -0.1) is 0 Å². The topological polar surface area (TPSA) is 88.2 Å². The number of pyridine rings is 1. The van der Waals surface area contributed by atoms with E-state index in [1.54, 1.807) is 0 Å². The minimum Gasteiger partial charge on any atom is -0.350 e. The zero-order valence-corrected chi connectivity index (χ0v) is 25.8. The molecule has 5 rings (SSSR count). The molecule has 5 aromatic rings. The van der Waals surface area contributed by atoms with E-state index in [0.717, 1.165) is 67.3 Å². The minimum atomic E-state index is -0.163. The van der Waals surface area contributed by atoms with E-state index < -0.39 is 0 Å². The molecule has 8 heteroatoms. The monoisotopic (exact) mass is 622 g/mol. The molecule has 1 amide bonds. The molecule has 7 nitrogen and oxygen atoms in total. The highest BCUT2D eigenvalue weighted by molar-refractivity contribution is 9.10. The molecule has 0 aliphatic heterocycles. The van der Waals surface area contributed by atoms with Crippen molar-refractivity contribution in [3.05, 3.63) is 99.7 Å². The van der Waals surface area contributed by atoms with E-state index in [1.807, 2.05) is 75.7 Å². The fourth-order valence-electron chi connectivity index (χ4n) is 4.87. The predicted molar refractivity (Wildman–Crippen MR) is 175 cm³/mol. The number of nitrogens with one attached hydrogen (secondary N) is 2.